The van der Waals surface area contributed by atoms with E-state index >= 15 is 0 Å². The van der Waals surface area contributed by atoms with Gasteiger partial charge in [0.2, 0.25) is 10.0 Å². The summed E-state index contributed by atoms with van der Waals surface area (Å²) in [6, 6.07) is 12.8. The molecule has 0 bridgehead atoms. The molecule has 0 fully saturated rings. The number of hydrogen-bond donors (Lipinski definition) is 1. The Kier molecular flexibility index (Phi) is 7.99. The second-order valence-electron chi connectivity index (χ2n) is 5.63. The summed E-state index contributed by atoms with van der Waals surface area (Å²) in [4.78, 5) is 0. The van der Waals surface area contributed by atoms with Crippen LogP contribution in [0.15, 0.2) is 42.5 Å². The second-order valence-corrected chi connectivity index (χ2v) is 8.16. The van der Waals surface area contributed by atoms with E-state index in [2.05, 4.69) is 16.6 Å². The standard InChI is InChI=1S/C20H22ClNO4S/c1-3-27(23,24)22-13-12-17-8-11-19(20(15-17)25-2)26-14-4-5-16-6-9-18(21)10-7-16/h6-11,15,22H,3,12-14H2,1-2H3. The highest BCUT2D eigenvalue weighted by Crippen LogP contribution is 2.28. The first-order valence-corrected chi connectivity index (χ1v) is 10.5. The third kappa shape index (κ3) is 7.14. The van der Waals surface area contributed by atoms with Crippen LogP contribution in [-0.4, -0.2) is 34.4 Å². The van der Waals surface area contributed by atoms with Crippen molar-refractivity contribution in [2.24, 2.45) is 0 Å². The van der Waals surface area contributed by atoms with E-state index < -0.39 is 10.0 Å². The summed E-state index contributed by atoms with van der Waals surface area (Å²) < 4.78 is 36.5. The number of nitrogens with one attached hydrogen (secondary N) is 1. The topological polar surface area (TPSA) is 64.6 Å². The van der Waals surface area contributed by atoms with Crippen LogP contribution in [0, 0.1) is 11.8 Å². The van der Waals surface area contributed by atoms with Gasteiger partial charge in [-0.25, -0.2) is 13.1 Å². The zero-order chi connectivity index (χ0) is 19.7. The molecule has 0 aliphatic carbocycles. The molecule has 0 atom stereocenters. The first-order chi connectivity index (χ1) is 12.9. The highest BCUT2D eigenvalue weighted by Gasteiger charge is 2.08. The molecule has 144 valence electrons. The number of benzene rings is 2. The Labute approximate surface area is 165 Å². The fraction of sp³-hybridized carbons (Fsp3) is 0.300. The molecule has 0 radical (unpaired) electrons. The Balaban J connectivity index is 1.93. The van der Waals surface area contributed by atoms with Crippen molar-refractivity contribution in [3.63, 3.8) is 0 Å². The zero-order valence-electron chi connectivity index (χ0n) is 15.3. The van der Waals surface area contributed by atoms with Gasteiger partial charge in [-0.05, 0) is 55.3 Å². The van der Waals surface area contributed by atoms with Gasteiger partial charge in [0.25, 0.3) is 0 Å². The number of ether oxygens (including phenoxy) is 2. The van der Waals surface area contributed by atoms with Crippen molar-refractivity contribution in [2.45, 2.75) is 13.3 Å². The predicted octanol–water partition coefficient (Wildman–Crippen LogP) is 3.26. The lowest BCUT2D eigenvalue weighted by molar-refractivity contribution is 0.330. The summed E-state index contributed by atoms with van der Waals surface area (Å²) >= 11 is 5.84. The molecule has 2 rings (SSSR count). The number of rotatable bonds is 8. The maximum Gasteiger partial charge on any atom is 0.211 e. The molecule has 1 N–H and O–H groups in total. The summed E-state index contributed by atoms with van der Waals surface area (Å²) in [5.41, 5.74) is 1.81. The molecule has 2 aromatic carbocycles. The van der Waals surface area contributed by atoms with Gasteiger partial charge in [-0.15, -0.1) is 0 Å². The molecule has 2 aromatic rings. The highest BCUT2D eigenvalue weighted by atomic mass is 35.5. The Hall–Kier alpha value is -2.20. The maximum atomic E-state index is 11.5. The zero-order valence-corrected chi connectivity index (χ0v) is 16.9. The number of halogens is 1. The minimum absolute atomic E-state index is 0.0696. The van der Waals surface area contributed by atoms with Crippen molar-refractivity contribution in [2.75, 3.05) is 26.0 Å². The van der Waals surface area contributed by atoms with E-state index in [9.17, 15) is 8.42 Å². The van der Waals surface area contributed by atoms with E-state index in [-0.39, 0.29) is 12.4 Å². The molecule has 0 saturated carbocycles. The van der Waals surface area contributed by atoms with Crippen molar-refractivity contribution < 1.29 is 17.9 Å². The van der Waals surface area contributed by atoms with E-state index in [1.165, 1.54) is 0 Å². The lowest BCUT2D eigenvalue weighted by Gasteiger charge is -2.11. The molecule has 0 aliphatic rings. The minimum Gasteiger partial charge on any atom is -0.493 e. The van der Waals surface area contributed by atoms with Gasteiger partial charge in [-0.1, -0.05) is 29.5 Å². The molecule has 0 aromatic heterocycles. The molecular formula is C20H22ClNO4S. The van der Waals surface area contributed by atoms with Crippen LogP contribution in [0.2, 0.25) is 5.02 Å². The molecule has 7 heteroatoms. The first kappa shape index (κ1) is 21.1. The van der Waals surface area contributed by atoms with Crippen molar-refractivity contribution in [3.8, 4) is 23.3 Å². The smallest absolute Gasteiger partial charge is 0.211 e. The number of sulfonamides is 1. The Morgan fingerprint density at radius 1 is 1.11 bits per heavy atom. The lowest BCUT2D eigenvalue weighted by atomic mass is 10.1. The van der Waals surface area contributed by atoms with Gasteiger partial charge in [0.1, 0.15) is 6.61 Å². The molecule has 0 amide bonds. The van der Waals surface area contributed by atoms with E-state index in [0.29, 0.717) is 29.5 Å². The highest BCUT2D eigenvalue weighted by molar-refractivity contribution is 7.89. The largest absolute Gasteiger partial charge is 0.493 e. The summed E-state index contributed by atoms with van der Waals surface area (Å²) in [5, 5.41) is 0.670. The summed E-state index contributed by atoms with van der Waals surface area (Å²) in [7, 11) is -1.62. The Bertz CT molecular complexity index is 915. The number of methoxy groups -OCH3 is 1. The SMILES string of the molecule is CCS(=O)(=O)NCCc1ccc(OCC#Cc2ccc(Cl)cc2)c(OC)c1. The predicted molar refractivity (Wildman–Crippen MR) is 108 cm³/mol. The maximum absolute atomic E-state index is 11.5. The van der Waals surface area contributed by atoms with Gasteiger partial charge in [0, 0.05) is 17.1 Å². The van der Waals surface area contributed by atoms with Crippen LogP contribution >= 0.6 is 11.6 Å². The molecule has 5 nitrogen and oxygen atoms in total. The normalized spacial score (nSPS) is 10.8. The molecule has 0 unspecified atom stereocenters. The third-order valence-corrected chi connectivity index (χ3v) is 5.38. The fourth-order valence-corrected chi connectivity index (χ4v) is 2.97. The van der Waals surface area contributed by atoms with Gasteiger partial charge < -0.3 is 9.47 Å². The molecular weight excluding hydrogens is 386 g/mol. The summed E-state index contributed by atoms with van der Waals surface area (Å²) in [5.74, 6) is 7.18. The van der Waals surface area contributed by atoms with Crippen molar-refractivity contribution in [3.05, 3.63) is 58.6 Å². The second kappa shape index (κ2) is 10.2. The van der Waals surface area contributed by atoms with Gasteiger partial charge in [-0.3, -0.25) is 0 Å². The van der Waals surface area contributed by atoms with Crippen LogP contribution in [0.5, 0.6) is 11.5 Å². The van der Waals surface area contributed by atoms with Crippen LogP contribution < -0.4 is 14.2 Å². The average molecular weight is 408 g/mol. The minimum atomic E-state index is -3.18. The quantitative estimate of drug-likeness (QED) is 0.682. The van der Waals surface area contributed by atoms with E-state index in [1.54, 1.807) is 32.2 Å². The summed E-state index contributed by atoms with van der Waals surface area (Å²) in [6.07, 6.45) is 0.562. The van der Waals surface area contributed by atoms with E-state index in [4.69, 9.17) is 21.1 Å². The molecule has 0 heterocycles. The third-order valence-electron chi connectivity index (χ3n) is 3.72. The Morgan fingerprint density at radius 2 is 1.85 bits per heavy atom. The average Bonchev–Trinajstić information content (AvgIpc) is 2.67. The van der Waals surface area contributed by atoms with E-state index in [0.717, 1.165) is 11.1 Å². The molecule has 27 heavy (non-hydrogen) atoms. The van der Waals surface area contributed by atoms with Gasteiger partial charge in [0.05, 0.1) is 12.9 Å². The fourth-order valence-electron chi connectivity index (χ4n) is 2.22. The van der Waals surface area contributed by atoms with Crippen LogP contribution in [-0.2, 0) is 16.4 Å². The van der Waals surface area contributed by atoms with Crippen LogP contribution in [0.25, 0.3) is 0 Å². The van der Waals surface area contributed by atoms with Crippen molar-refractivity contribution in [1.29, 1.82) is 0 Å². The van der Waals surface area contributed by atoms with Crippen LogP contribution in [0.3, 0.4) is 0 Å². The molecule has 0 aliphatic heterocycles. The first-order valence-electron chi connectivity index (χ1n) is 8.45. The van der Waals surface area contributed by atoms with Crippen molar-refractivity contribution in [1.82, 2.24) is 4.72 Å². The van der Waals surface area contributed by atoms with Crippen molar-refractivity contribution >= 4 is 21.6 Å². The number of hydrogen-bond acceptors (Lipinski definition) is 4. The van der Waals surface area contributed by atoms with Crippen LogP contribution in [0.1, 0.15) is 18.1 Å². The molecule has 0 spiro atoms. The van der Waals surface area contributed by atoms with Gasteiger partial charge >= 0.3 is 0 Å². The van der Waals surface area contributed by atoms with Gasteiger partial charge in [-0.2, -0.15) is 0 Å². The summed E-state index contributed by atoms with van der Waals surface area (Å²) in [6.45, 7) is 2.16. The monoisotopic (exact) mass is 407 g/mol. The van der Waals surface area contributed by atoms with Crippen LogP contribution in [0.4, 0.5) is 0 Å². The Morgan fingerprint density at radius 3 is 2.52 bits per heavy atom. The van der Waals surface area contributed by atoms with Gasteiger partial charge in [0.15, 0.2) is 11.5 Å². The van der Waals surface area contributed by atoms with E-state index in [1.807, 2.05) is 24.3 Å². The molecule has 0 saturated heterocycles. The lowest BCUT2D eigenvalue weighted by Crippen LogP contribution is -2.27.